The van der Waals surface area contributed by atoms with Crippen LogP contribution in [0.5, 0.6) is 5.75 Å². The van der Waals surface area contributed by atoms with E-state index in [1.807, 2.05) is 13.8 Å². The molecule has 0 spiro atoms. The molecule has 0 aliphatic heterocycles. The molecular formula is C28H32FN3O5S. The Bertz CT molecular complexity index is 1340. The molecule has 38 heavy (non-hydrogen) atoms. The molecule has 8 nitrogen and oxygen atoms in total. The molecule has 0 aliphatic rings. The number of hydrogen-bond donors (Lipinski definition) is 2. The Hall–Kier alpha value is -3.76. The predicted molar refractivity (Wildman–Crippen MR) is 147 cm³/mol. The number of rotatable bonds is 11. The summed E-state index contributed by atoms with van der Waals surface area (Å²) in [5, 5.41) is 13.3. The number of methoxy groups -OCH3 is 1. The number of nitrogens with one attached hydrogen (secondary N) is 1. The molecule has 1 aromatic carbocycles. The van der Waals surface area contributed by atoms with Gasteiger partial charge >= 0.3 is 5.97 Å². The topological polar surface area (TPSA) is 107 Å². The number of carboxylic acid groups (broad SMARTS) is 1. The molecule has 4 aromatic rings. The lowest BCUT2D eigenvalue weighted by molar-refractivity contribution is 0.0697. The maximum absolute atomic E-state index is 14.7. The van der Waals surface area contributed by atoms with Gasteiger partial charge in [0.1, 0.15) is 23.7 Å². The van der Waals surface area contributed by atoms with E-state index in [0.29, 0.717) is 40.2 Å². The van der Waals surface area contributed by atoms with Gasteiger partial charge in [-0.15, -0.1) is 11.3 Å². The Morgan fingerprint density at radius 1 is 1.18 bits per heavy atom. The van der Waals surface area contributed by atoms with E-state index in [1.165, 1.54) is 35.9 Å². The van der Waals surface area contributed by atoms with Crippen molar-refractivity contribution in [2.24, 2.45) is 5.92 Å². The van der Waals surface area contributed by atoms with E-state index in [4.69, 9.17) is 13.9 Å². The molecule has 0 amide bonds. The molecule has 0 aliphatic carbocycles. The summed E-state index contributed by atoms with van der Waals surface area (Å²) in [5.41, 5.74) is 1.76. The van der Waals surface area contributed by atoms with Crippen molar-refractivity contribution in [2.45, 2.75) is 34.1 Å². The summed E-state index contributed by atoms with van der Waals surface area (Å²) >= 11 is 1.38. The third-order valence-corrected chi connectivity index (χ3v) is 6.18. The number of pyridine rings is 1. The Balaban J connectivity index is 0.00000195. The first kappa shape index (κ1) is 28.8. The molecule has 0 fully saturated rings. The summed E-state index contributed by atoms with van der Waals surface area (Å²) in [7, 11) is 1.55. The first-order chi connectivity index (χ1) is 18.4. The molecule has 3 aromatic heterocycles. The van der Waals surface area contributed by atoms with E-state index in [9.17, 15) is 14.3 Å². The molecule has 0 bridgehead atoms. The molecule has 0 atom stereocenters. The minimum atomic E-state index is -1.14. The van der Waals surface area contributed by atoms with E-state index in [0.717, 1.165) is 11.3 Å². The third-order valence-electron chi connectivity index (χ3n) is 5.19. The standard InChI is InChI=1S/C26H26FN3O5S.C2H6/c1-15(2)11-22-23(16-6-7-21(19(27)13-16)35-10-9-33-3)29-26(36-22)30-24-18(25(31)32)12-17(14-28-24)20-5-4-8-34-20;1-2/h4-8,12-15H,9-11H2,1-3H3,(H,31,32)(H,28,29,30);1-2H3. The van der Waals surface area contributed by atoms with Crippen LogP contribution in [0.3, 0.4) is 0 Å². The molecule has 2 N–H and O–H groups in total. The lowest BCUT2D eigenvalue weighted by Gasteiger charge is -2.09. The second-order valence-electron chi connectivity index (χ2n) is 8.40. The number of furan rings is 1. The van der Waals surface area contributed by atoms with Crippen molar-refractivity contribution < 1.29 is 28.2 Å². The number of aromatic carboxylic acids is 1. The van der Waals surface area contributed by atoms with Crippen molar-refractivity contribution in [3.05, 3.63) is 65.1 Å². The number of anilines is 2. The van der Waals surface area contributed by atoms with E-state index in [1.54, 1.807) is 31.4 Å². The van der Waals surface area contributed by atoms with E-state index < -0.39 is 11.8 Å². The van der Waals surface area contributed by atoms with Gasteiger partial charge in [0.15, 0.2) is 16.7 Å². The van der Waals surface area contributed by atoms with Crippen molar-refractivity contribution in [1.82, 2.24) is 9.97 Å². The normalized spacial score (nSPS) is 10.7. The second-order valence-corrected chi connectivity index (χ2v) is 9.49. The van der Waals surface area contributed by atoms with Crippen molar-refractivity contribution >= 4 is 28.3 Å². The van der Waals surface area contributed by atoms with Gasteiger partial charge < -0.3 is 24.3 Å². The zero-order valence-corrected chi connectivity index (χ0v) is 22.9. The maximum atomic E-state index is 14.7. The Labute approximate surface area is 225 Å². The van der Waals surface area contributed by atoms with E-state index in [-0.39, 0.29) is 23.7 Å². The monoisotopic (exact) mass is 541 g/mol. The summed E-state index contributed by atoms with van der Waals surface area (Å²) in [4.78, 5) is 21.9. The Kier molecular flexibility index (Phi) is 10.4. The largest absolute Gasteiger partial charge is 0.488 e. The highest BCUT2D eigenvalue weighted by molar-refractivity contribution is 7.16. The first-order valence-electron chi connectivity index (χ1n) is 12.3. The number of hydrogen-bond acceptors (Lipinski definition) is 8. The molecule has 10 heteroatoms. The van der Waals surface area contributed by atoms with Crippen LogP contribution in [-0.2, 0) is 11.2 Å². The van der Waals surface area contributed by atoms with Crippen LogP contribution in [0.25, 0.3) is 22.6 Å². The lowest BCUT2D eigenvalue weighted by Crippen LogP contribution is -2.05. The molecule has 0 saturated heterocycles. The summed E-state index contributed by atoms with van der Waals surface area (Å²) in [6.45, 7) is 8.77. The van der Waals surface area contributed by atoms with Gasteiger partial charge in [-0.05, 0) is 48.7 Å². The molecule has 3 heterocycles. The first-order valence-corrected chi connectivity index (χ1v) is 13.1. The fourth-order valence-corrected chi connectivity index (χ4v) is 4.74. The van der Waals surface area contributed by atoms with Crippen LogP contribution in [-0.4, -0.2) is 41.4 Å². The van der Waals surface area contributed by atoms with Gasteiger partial charge in [-0.1, -0.05) is 27.7 Å². The average Bonchev–Trinajstić information content (AvgIpc) is 3.57. The fourth-order valence-electron chi connectivity index (χ4n) is 3.55. The fraction of sp³-hybridized carbons (Fsp3) is 0.321. The number of aromatic nitrogens is 2. The van der Waals surface area contributed by atoms with Crippen LogP contribution in [0.15, 0.2) is 53.3 Å². The Morgan fingerprint density at radius 3 is 2.61 bits per heavy atom. The molecule has 0 saturated carbocycles. The molecular weight excluding hydrogens is 509 g/mol. The number of carbonyl (C=O) groups is 1. The third kappa shape index (κ3) is 7.17. The van der Waals surface area contributed by atoms with Gasteiger partial charge in [-0.25, -0.2) is 19.2 Å². The van der Waals surface area contributed by atoms with Crippen LogP contribution in [0.2, 0.25) is 0 Å². The van der Waals surface area contributed by atoms with Gasteiger partial charge in [0.2, 0.25) is 0 Å². The number of benzene rings is 1. The molecule has 4 rings (SSSR count). The number of nitrogens with zero attached hydrogens (tertiary/aromatic N) is 2. The Morgan fingerprint density at radius 2 is 1.97 bits per heavy atom. The molecule has 202 valence electrons. The maximum Gasteiger partial charge on any atom is 0.339 e. The average molecular weight is 542 g/mol. The van der Waals surface area contributed by atoms with Crippen LogP contribution in [0, 0.1) is 11.7 Å². The van der Waals surface area contributed by atoms with Gasteiger partial charge in [-0.3, -0.25) is 0 Å². The van der Waals surface area contributed by atoms with Gasteiger partial charge in [-0.2, -0.15) is 0 Å². The zero-order chi connectivity index (χ0) is 27.7. The number of halogens is 1. The van der Waals surface area contributed by atoms with Crippen LogP contribution < -0.4 is 10.1 Å². The smallest absolute Gasteiger partial charge is 0.339 e. The minimum Gasteiger partial charge on any atom is -0.488 e. The van der Waals surface area contributed by atoms with Crippen LogP contribution in [0.4, 0.5) is 15.3 Å². The van der Waals surface area contributed by atoms with Crippen molar-refractivity contribution in [3.63, 3.8) is 0 Å². The summed E-state index contributed by atoms with van der Waals surface area (Å²) in [6.07, 6.45) is 3.77. The van der Waals surface area contributed by atoms with Crippen molar-refractivity contribution in [1.29, 1.82) is 0 Å². The van der Waals surface area contributed by atoms with Crippen molar-refractivity contribution in [2.75, 3.05) is 25.6 Å². The van der Waals surface area contributed by atoms with Gasteiger partial charge in [0.05, 0.1) is 18.6 Å². The van der Waals surface area contributed by atoms with E-state index in [2.05, 4.69) is 29.1 Å². The lowest BCUT2D eigenvalue weighted by atomic mass is 10.0. The predicted octanol–water partition coefficient (Wildman–Crippen LogP) is 7.30. The quantitative estimate of drug-likeness (QED) is 0.191. The zero-order valence-electron chi connectivity index (χ0n) is 22.1. The SMILES string of the molecule is CC.COCCOc1ccc(-c2nc(Nc3ncc(-c4ccco4)cc3C(=O)O)sc2CC(C)C)cc1F. The highest BCUT2D eigenvalue weighted by Crippen LogP contribution is 2.36. The number of ether oxygens (including phenoxy) is 2. The van der Waals surface area contributed by atoms with Crippen LogP contribution in [0.1, 0.15) is 42.9 Å². The summed E-state index contributed by atoms with van der Waals surface area (Å²) in [6, 6.07) is 9.67. The van der Waals surface area contributed by atoms with Crippen LogP contribution >= 0.6 is 11.3 Å². The highest BCUT2D eigenvalue weighted by atomic mass is 32.1. The van der Waals surface area contributed by atoms with Gasteiger partial charge in [0, 0.05) is 29.3 Å². The molecule has 0 unspecified atom stereocenters. The van der Waals surface area contributed by atoms with E-state index >= 15 is 0 Å². The summed E-state index contributed by atoms with van der Waals surface area (Å²) in [5.74, 6) is -0.486. The molecule has 0 radical (unpaired) electrons. The summed E-state index contributed by atoms with van der Waals surface area (Å²) < 4.78 is 30.4. The number of thiazole rings is 1. The number of carboxylic acids is 1. The second kappa shape index (κ2) is 13.7. The minimum absolute atomic E-state index is 0.0188. The highest BCUT2D eigenvalue weighted by Gasteiger charge is 2.20. The van der Waals surface area contributed by atoms with Gasteiger partial charge in [0.25, 0.3) is 0 Å². The van der Waals surface area contributed by atoms with Crippen molar-refractivity contribution in [3.8, 4) is 28.3 Å².